The van der Waals surface area contributed by atoms with E-state index in [0.717, 1.165) is 16.7 Å². The number of hydrogen-bond donors (Lipinski definition) is 1. The molecule has 1 fully saturated rings. The second-order valence-corrected chi connectivity index (χ2v) is 9.79. The third kappa shape index (κ3) is 4.63. The van der Waals surface area contributed by atoms with Gasteiger partial charge in [-0.25, -0.2) is 4.98 Å². The Hall–Kier alpha value is -4.17. The minimum Gasteiger partial charge on any atom is -0.507 e. The SMILES string of the molecule is CCOc1cccc(/C(O)=C2\C(=O)C(=O)N(c3nc4ccc(OCC)cc4s3)C2c2ccc(CC)cc2)c1. The highest BCUT2D eigenvalue weighted by molar-refractivity contribution is 7.22. The molecule has 5 rings (SSSR count). The van der Waals surface area contributed by atoms with Crippen LogP contribution in [-0.2, 0) is 16.0 Å². The van der Waals surface area contributed by atoms with Crippen molar-refractivity contribution < 1.29 is 24.2 Å². The van der Waals surface area contributed by atoms with Crippen LogP contribution >= 0.6 is 11.3 Å². The normalized spacial score (nSPS) is 16.8. The Balaban J connectivity index is 1.67. The molecule has 1 atom stereocenters. The summed E-state index contributed by atoms with van der Waals surface area (Å²) in [7, 11) is 0. The first-order valence-electron chi connectivity index (χ1n) is 12.6. The predicted molar refractivity (Wildman–Crippen MR) is 149 cm³/mol. The number of thiazole rings is 1. The number of benzene rings is 3. The Morgan fingerprint density at radius 2 is 1.66 bits per heavy atom. The van der Waals surface area contributed by atoms with Gasteiger partial charge in [0.2, 0.25) is 0 Å². The summed E-state index contributed by atoms with van der Waals surface area (Å²) in [4.78, 5) is 33.1. The fourth-order valence-corrected chi connectivity index (χ4v) is 5.61. The van der Waals surface area contributed by atoms with Gasteiger partial charge in [-0.1, -0.05) is 54.7 Å². The van der Waals surface area contributed by atoms with Crippen LogP contribution in [0.1, 0.15) is 43.5 Å². The largest absolute Gasteiger partial charge is 0.507 e. The summed E-state index contributed by atoms with van der Waals surface area (Å²) in [5.41, 5.74) is 2.94. The lowest BCUT2D eigenvalue weighted by atomic mass is 9.94. The molecule has 0 radical (unpaired) electrons. The number of fused-ring (bicyclic) bond motifs is 1. The number of aliphatic hydroxyl groups excluding tert-OH is 1. The minimum absolute atomic E-state index is 0.0159. The second-order valence-electron chi connectivity index (χ2n) is 8.78. The quantitative estimate of drug-likeness (QED) is 0.164. The number of ketones is 1. The number of hydrogen-bond acceptors (Lipinski definition) is 7. The van der Waals surface area contributed by atoms with Gasteiger partial charge < -0.3 is 14.6 Å². The summed E-state index contributed by atoms with van der Waals surface area (Å²) < 4.78 is 12.0. The average Bonchev–Trinajstić information content (AvgIpc) is 3.46. The van der Waals surface area contributed by atoms with Crippen LogP contribution in [0.4, 0.5) is 5.13 Å². The fourth-order valence-electron chi connectivity index (χ4n) is 4.59. The zero-order valence-corrected chi connectivity index (χ0v) is 22.2. The summed E-state index contributed by atoms with van der Waals surface area (Å²) in [6.07, 6.45) is 0.852. The molecule has 8 heteroatoms. The van der Waals surface area contributed by atoms with Crippen LogP contribution in [0.25, 0.3) is 16.0 Å². The lowest BCUT2D eigenvalue weighted by Gasteiger charge is -2.23. The van der Waals surface area contributed by atoms with E-state index in [2.05, 4.69) is 11.9 Å². The van der Waals surface area contributed by atoms with Crippen LogP contribution < -0.4 is 14.4 Å². The number of anilines is 1. The Morgan fingerprint density at radius 3 is 2.34 bits per heavy atom. The van der Waals surface area contributed by atoms with Gasteiger partial charge in [-0.15, -0.1) is 0 Å². The average molecular weight is 529 g/mol. The van der Waals surface area contributed by atoms with E-state index in [1.165, 1.54) is 16.2 Å². The van der Waals surface area contributed by atoms with E-state index in [9.17, 15) is 14.7 Å². The molecule has 38 heavy (non-hydrogen) atoms. The van der Waals surface area contributed by atoms with Crippen LogP contribution in [0, 0.1) is 0 Å². The molecule has 0 saturated carbocycles. The van der Waals surface area contributed by atoms with Crippen molar-refractivity contribution in [2.45, 2.75) is 33.2 Å². The molecule has 1 aromatic heterocycles. The maximum Gasteiger partial charge on any atom is 0.301 e. The van der Waals surface area contributed by atoms with Crippen molar-refractivity contribution in [2.75, 3.05) is 18.1 Å². The van der Waals surface area contributed by atoms with Crippen LogP contribution in [0.2, 0.25) is 0 Å². The number of aromatic nitrogens is 1. The van der Waals surface area contributed by atoms with E-state index in [1.807, 2.05) is 56.3 Å². The molecule has 0 bridgehead atoms. The lowest BCUT2D eigenvalue weighted by molar-refractivity contribution is -0.132. The maximum absolute atomic E-state index is 13.5. The molecule has 1 aliphatic rings. The maximum atomic E-state index is 13.5. The Kier molecular flexibility index (Phi) is 7.15. The summed E-state index contributed by atoms with van der Waals surface area (Å²) in [6, 6.07) is 19.3. The van der Waals surface area contributed by atoms with Crippen molar-refractivity contribution in [3.05, 3.63) is 89.0 Å². The van der Waals surface area contributed by atoms with Gasteiger partial charge in [0.05, 0.1) is 35.0 Å². The molecule has 2 heterocycles. The van der Waals surface area contributed by atoms with Gasteiger partial charge >= 0.3 is 5.91 Å². The van der Waals surface area contributed by atoms with Crippen molar-refractivity contribution in [1.29, 1.82) is 0 Å². The van der Waals surface area contributed by atoms with Crippen molar-refractivity contribution in [1.82, 2.24) is 4.98 Å². The smallest absolute Gasteiger partial charge is 0.301 e. The first-order chi connectivity index (χ1) is 18.4. The Labute approximate surface area is 225 Å². The number of Topliss-reactive ketones (excluding diaryl/α,β-unsaturated/α-hetero) is 1. The van der Waals surface area contributed by atoms with Gasteiger partial charge in [0.25, 0.3) is 5.78 Å². The van der Waals surface area contributed by atoms with Crippen LogP contribution in [0.3, 0.4) is 0 Å². The molecule has 1 aliphatic heterocycles. The zero-order chi connectivity index (χ0) is 26.8. The molecule has 0 spiro atoms. The number of ether oxygens (including phenoxy) is 2. The molecule has 1 N–H and O–H groups in total. The Bertz CT molecular complexity index is 1540. The highest BCUT2D eigenvalue weighted by Gasteiger charge is 2.48. The number of aryl methyl sites for hydroxylation is 1. The number of amides is 1. The molecule has 7 nitrogen and oxygen atoms in total. The van der Waals surface area contributed by atoms with Crippen molar-refractivity contribution in [2.24, 2.45) is 0 Å². The van der Waals surface area contributed by atoms with Crippen molar-refractivity contribution >= 4 is 44.1 Å². The molecule has 1 amide bonds. The first-order valence-corrected chi connectivity index (χ1v) is 13.4. The van der Waals surface area contributed by atoms with Gasteiger partial charge in [0.15, 0.2) is 5.13 Å². The summed E-state index contributed by atoms with van der Waals surface area (Å²) in [6.45, 7) is 6.83. The first kappa shape index (κ1) is 25.5. The number of carbonyl (C=O) groups excluding carboxylic acids is 2. The third-order valence-corrected chi connectivity index (χ3v) is 7.45. The molecule has 3 aromatic carbocycles. The fraction of sp³-hybridized carbons (Fsp3) is 0.233. The predicted octanol–water partition coefficient (Wildman–Crippen LogP) is 6.28. The van der Waals surface area contributed by atoms with E-state index in [4.69, 9.17) is 9.47 Å². The summed E-state index contributed by atoms with van der Waals surface area (Å²) in [5, 5.41) is 11.8. The van der Waals surface area contributed by atoms with E-state index >= 15 is 0 Å². The van der Waals surface area contributed by atoms with Gasteiger partial charge in [0, 0.05) is 5.56 Å². The molecule has 1 saturated heterocycles. The van der Waals surface area contributed by atoms with Crippen molar-refractivity contribution in [3.63, 3.8) is 0 Å². The summed E-state index contributed by atoms with van der Waals surface area (Å²) in [5.74, 6) is -0.481. The molecule has 4 aromatic rings. The monoisotopic (exact) mass is 528 g/mol. The molecule has 194 valence electrons. The van der Waals surface area contributed by atoms with Gasteiger partial charge in [0.1, 0.15) is 17.3 Å². The number of carbonyl (C=O) groups is 2. The molecule has 0 aliphatic carbocycles. The van der Waals surface area contributed by atoms with E-state index in [1.54, 1.807) is 24.3 Å². The minimum atomic E-state index is -0.844. The number of aliphatic hydroxyl groups is 1. The van der Waals surface area contributed by atoms with Gasteiger partial charge in [-0.2, -0.15) is 0 Å². The zero-order valence-electron chi connectivity index (χ0n) is 21.4. The molecular weight excluding hydrogens is 500 g/mol. The molecular formula is C30H28N2O5S. The topological polar surface area (TPSA) is 89.0 Å². The second kappa shape index (κ2) is 10.7. The van der Waals surface area contributed by atoms with Crippen LogP contribution in [0.5, 0.6) is 11.5 Å². The third-order valence-electron chi connectivity index (χ3n) is 6.43. The highest BCUT2D eigenvalue weighted by atomic mass is 32.1. The van der Waals surface area contributed by atoms with Crippen LogP contribution in [0.15, 0.2) is 72.3 Å². The van der Waals surface area contributed by atoms with Crippen molar-refractivity contribution in [3.8, 4) is 11.5 Å². The van der Waals surface area contributed by atoms with Crippen LogP contribution in [-0.4, -0.2) is 35.0 Å². The van der Waals surface area contributed by atoms with E-state index in [0.29, 0.717) is 46.5 Å². The van der Waals surface area contributed by atoms with E-state index in [-0.39, 0.29) is 11.3 Å². The number of rotatable bonds is 8. The van der Waals surface area contributed by atoms with Gasteiger partial charge in [-0.3, -0.25) is 14.5 Å². The summed E-state index contributed by atoms with van der Waals surface area (Å²) >= 11 is 1.30. The highest BCUT2D eigenvalue weighted by Crippen LogP contribution is 2.44. The Morgan fingerprint density at radius 1 is 0.947 bits per heavy atom. The van der Waals surface area contributed by atoms with E-state index < -0.39 is 17.7 Å². The molecule has 1 unspecified atom stereocenters. The lowest BCUT2D eigenvalue weighted by Crippen LogP contribution is -2.29. The standard InChI is InChI=1S/C30H28N2O5S/c1-4-18-10-12-19(13-11-18)26-25(27(33)20-8-7-9-21(16-20)36-5-2)28(34)29(35)32(26)30-31-23-15-14-22(37-6-3)17-24(23)38-30/h7-17,26,33H,4-6H2,1-3H3/b27-25+. The number of nitrogens with zero attached hydrogens (tertiary/aromatic N) is 2. The van der Waals surface area contributed by atoms with Gasteiger partial charge in [-0.05, 0) is 61.7 Å².